The molecule has 158 valence electrons. The van der Waals surface area contributed by atoms with Crippen molar-refractivity contribution >= 4 is 38.2 Å². The first-order valence-corrected chi connectivity index (χ1v) is 12.4. The highest BCUT2D eigenvalue weighted by atomic mass is 32.3. The molecule has 0 radical (unpaired) electrons. The molecule has 7 nitrogen and oxygen atoms in total. The van der Waals surface area contributed by atoms with Gasteiger partial charge in [0.15, 0.2) is 0 Å². The Balaban J connectivity index is 1.75. The molecule has 1 atom stereocenters. The lowest BCUT2D eigenvalue weighted by molar-refractivity contribution is 0.598. The van der Waals surface area contributed by atoms with E-state index in [9.17, 15) is 8.42 Å². The highest BCUT2D eigenvalue weighted by molar-refractivity contribution is 7.99. The van der Waals surface area contributed by atoms with Crippen molar-refractivity contribution in [1.29, 1.82) is 0 Å². The van der Waals surface area contributed by atoms with Crippen LogP contribution in [-0.2, 0) is 20.7 Å². The van der Waals surface area contributed by atoms with Gasteiger partial charge >= 0.3 is 0 Å². The molecule has 2 aromatic carbocycles. The molecule has 0 amide bonds. The van der Waals surface area contributed by atoms with Gasteiger partial charge in [0.2, 0.25) is 5.95 Å². The molecule has 0 saturated heterocycles. The third kappa shape index (κ3) is 5.87. The quantitative estimate of drug-likeness (QED) is 0.557. The standard InChI is InChI=1S/C21H25N5O2S2/c1-15(2)23-20-13-14-22-21(25-20)24-17-7-9-18(10-8-17)29(4)26-30(27,28)19-11-5-16(3)6-12-19/h5-15H,1-4H3,(H2,22,23,24,25). The Hall–Kier alpha value is -2.78. The van der Waals surface area contributed by atoms with Gasteiger partial charge in [-0.1, -0.05) is 28.4 Å². The van der Waals surface area contributed by atoms with Crippen LogP contribution in [0.1, 0.15) is 19.4 Å². The second-order valence-corrected chi connectivity index (χ2v) is 10.5. The van der Waals surface area contributed by atoms with E-state index in [0.717, 1.165) is 22.0 Å². The smallest absolute Gasteiger partial charge is 0.288 e. The lowest BCUT2D eigenvalue weighted by Gasteiger charge is -2.11. The average molecular weight is 444 g/mol. The summed E-state index contributed by atoms with van der Waals surface area (Å²) < 4.78 is 29.2. The maximum absolute atomic E-state index is 12.5. The topological polar surface area (TPSA) is 96.3 Å². The number of hydrogen-bond acceptors (Lipinski definition) is 6. The zero-order chi connectivity index (χ0) is 21.7. The van der Waals surface area contributed by atoms with Crippen LogP contribution < -0.4 is 10.6 Å². The van der Waals surface area contributed by atoms with Crippen LogP contribution in [0.5, 0.6) is 0 Å². The SMILES string of the molecule is Cc1ccc(S(=O)(=O)N=S(C)c2ccc(Nc3nccc(NC(C)C)n3)cc2)cc1. The number of benzene rings is 2. The molecule has 9 heteroatoms. The van der Waals surface area contributed by atoms with Gasteiger partial charge in [0, 0.05) is 22.8 Å². The van der Waals surface area contributed by atoms with Gasteiger partial charge in [-0.15, -0.1) is 3.77 Å². The predicted molar refractivity (Wildman–Crippen MR) is 123 cm³/mol. The third-order valence-electron chi connectivity index (χ3n) is 4.07. The summed E-state index contributed by atoms with van der Waals surface area (Å²) in [6.07, 6.45) is 3.48. The summed E-state index contributed by atoms with van der Waals surface area (Å²) in [5.41, 5.74) is 1.81. The molecule has 1 unspecified atom stereocenters. The van der Waals surface area contributed by atoms with E-state index in [0.29, 0.717) is 5.95 Å². The van der Waals surface area contributed by atoms with Crippen molar-refractivity contribution in [2.45, 2.75) is 36.6 Å². The minimum absolute atomic E-state index is 0.206. The van der Waals surface area contributed by atoms with E-state index in [1.54, 1.807) is 36.7 Å². The van der Waals surface area contributed by atoms with Crippen LogP contribution in [0, 0.1) is 6.92 Å². The maximum Gasteiger partial charge on any atom is 0.288 e. The molecule has 3 rings (SSSR count). The normalized spacial score (nSPS) is 12.7. The Labute approximate surface area is 180 Å². The molecule has 0 aliphatic heterocycles. The van der Waals surface area contributed by atoms with E-state index in [1.807, 2.05) is 51.1 Å². The van der Waals surface area contributed by atoms with Gasteiger partial charge in [-0.05, 0) is 69.5 Å². The van der Waals surface area contributed by atoms with E-state index in [1.165, 1.54) is 0 Å². The van der Waals surface area contributed by atoms with E-state index in [4.69, 9.17) is 0 Å². The molecule has 0 aliphatic rings. The number of aromatic nitrogens is 2. The van der Waals surface area contributed by atoms with Gasteiger partial charge in [0.25, 0.3) is 10.0 Å². The molecule has 2 N–H and O–H groups in total. The first kappa shape index (κ1) is 21.9. The molecule has 0 aliphatic carbocycles. The lowest BCUT2D eigenvalue weighted by atomic mass is 10.2. The first-order chi connectivity index (χ1) is 14.2. The van der Waals surface area contributed by atoms with Crippen LogP contribution in [0.25, 0.3) is 0 Å². The lowest BCUT2D eigenvalue weighted by Crippen LogP contribution is -2.11. The molecular formula is C21H25N5O2S2. The third-order valence-corrected chi connectivity index (χ3v) is 7.57. The minimum atomic E-state index is -3.70. The van der Waals surface area contributed by atoms with Gasteiger partial charge in [-0.25, -0.2) is 4.98 Å². The number of nitrogens with one attached hydrogen (secondary N) is 2. The summed E-state index contributed by atoms with van der Waals surface area (Å²) in [5, 5.41) is 6.39. The maximum atomic E-state index is 12.5. The molecule has 0 spiro atoms. The monoisotopic (exact) mass is 443 g/mol. The molecule has 30 heavy (non-hydrogen) atoms. The van der Waals surface area contributed by atoms with E-state index < -0.39 is 20.7 Å². The van der Waals surface area contributed by atoms with Crippen LogP contribution in [-0.4, -0.2) is 30.7 Å². The molecule has 0 bridgehead atoms. The highest BCUT2D eigenvalue weighted by Crippen LogP contribution is 2.20. The van der Waals surface area contributed by atoms with Crippen molar-refractivity contribution < 1.29 is 8.42 Å². The average Bonchev–Trinajstić information content (AvgIpc) is 2.68. The van der Waals surface area contributed by atoms with Crippen LogP contribution in [0.15, 0.2) is 74.4 Å². The number of anilines is 3. The zero-order valence-electron chi connectivity index (χ0n) is 17.3. The summed E-state index contributed by atoms with van der Waals surface area (Å²) in [6, 6.07) is 16.2. The van der Waals surface area contributed by atoms with E-state index in [-0.39, 0.29) is 10.9 Å². The number of rotatable bonds is 7. The van der Waals surface area contributed by atoms with Crippen LogP contribution in [0.4, 0.5) is 17.5 Å². The van der Waals surface area contributed by atoms with Gasteiger partial charge in [0.05, 0.1) is 4.90 Å². The second-order valence-electron chi connectivity index (χ2n) is 7.05. The minimum Gasteiger partial charge on any atom is -0.368 e. The summed E-state index contributed by atoms with van der Waals surface area (Å²) >= 11 is 0. The van der Waals surface area contributed by atoms with Crippen molar-refractivity contribution in [3.63, 3.8) is 0 Å². The fourth-order valence-electron chi connectivity index (χ4n) is 2.60. The molecule has 0 fully saturated rings. The van der Waals surface area contributed by atoms with Gasteiger partial charge < -0.3 is 10.6 Å². The van der Waals surface area contributed by atoms with Gasteiger partial charge in [-0.2, -0.15) is 13.4 Å². The van der Waals surface area contributed by atoms with Gasteiger partial charge in [-0.3, -0.25) is 0 Å². The Bertz CT molecular complexity index is 1140. The van der Waals surface area contributed by atoms with Crippen molar-refractivity contribution in [2.24, 2.45) is 3.77 Å². The molecule has 1 aromatic heterocycles. The molecular weight excluding hydrogens is 418 g/mol. The van der Waals surface area contributed by atoms with E-state index >= 15 is 0 Å². The van der Waals surface area contributed by atoms with Crippen LogP contribution in [0.2, 0.25) is 0 Å². The summed E-state index contributed by atoms with van der Waals surface area (Å²) in [5.74, 6) is 1.23. The van der Waals surface area contributed by atoms with Crippen molar-refractivity contribution in [3.05, 3.63) is 66.4 Å². The Morgan fingerprint density at radius 3 is 2.30 bits per heavy atom. The molecule has 3 aromatic rings. The highest BCUT2D eigenvalue weighted by Gasteiger charge is 2.13. The first-order valence-electron chi connectivity index (χ1n) is 9.40. The second kappa shape index (κ2) is 9.36. The fraction of sp³-hybridized carbons (Fsp3) is 0.238. The van der Waals surface area contributed by atoms with Crippen molar-refractivity contribution in [2.75, 3.05) is 16.9 Å². The molecule has 1 heterocycles. The summed E-state index contributed by atoms with van der Waals surface area (Å²) in [4.78, 5) is 9.69. The largest absolute Gasteiger partial charge is 0.368 e. The number of sulfonamides is 1. The summed E-state index contributed by atoms with van der Waals surface area (Å²) in [6.45, 7) is 6.00. The van der Waals surface area contributed by atoms with E-state index in [2.05, 4.69) is 24.4 Å². The Morgan fingerprint density at radius 1 is 1.00 bits per heavy atom. The predicted octanol–water partition coefficient (Wildman–Crippen LogP) is 4.53. The number of nitrogens with zero attached hydrogens (tertiary/aromatic N) is 3. The number of hydrogen-bond donors (Lipinski definition) is 2. The zero-order valence-corrected chi connectivity index (χ0v) is 19.0. The fourth-order valence-corrected chi connectivity index (χ4v) is 5.48. The van der Waals surface area contributed by atoms with Crippen molar-refractivity contribution in [1.82, 2.24) is 9.97 Å². The van der Waals surface area contributed by atoms with Crippen LogP contribution >= 0.6 is 0 Å². The Kier molecular flexibility index (Phi) is 6.84. The molecule has 0 saturated carbocycles. The number of aryl methyl sites for hydroxylation is 1. The summed E-state index contributed by atoms with van der Waals surface area (Å²) in [7, 11) is -4.51. The van der Waals surface area contributed by atoms with Crippen LogP contribution in [0.3, 0.4) is 0 Å². The Morgan fingerprint density at radius 2 is 1.67 bits per heavy atom. The van der Waals surface area contributed by atoms with Crippen molar-refractivity contribution in [3.8, 4) is 0 Å². The van der Waals surface area contributed by atoms with Gasteiger partial charge in [0.1, 0.15) is 5.82 Å².